The lowest BCUT2D eigenvalue weighted by Crippen LogP contribution is -2.10. The molecule has 0 saturated heterocycles. The van der Waals surface area contributed by atoms with Gasteiger partial charge in [-0.3, -0.25) is 0 Å². The summed E-state index contributed by atoms with van der Waals surface area (Å²) in [5.41, 5.74) is 29.0. The number of aromatic nitrogens is 1. The number of anilines is 6. The summed E-state index contributed by atoms with van der Waals surface area (Å²) in [5.74, 6) is 0. The largest absolute Gasteiger partial charge is 0.337 e. The number of fused-ring (bicyclic) bond motifs is 5. The summed E-state index contributed by atoms with van der Waals surface area (Å²) in [4.78, 5) is 4.80. The standard InChI is InChI=1S/C93H87N3/c1-7-9-11-13-17-80(18-14-12-10-8-2)96-91-63-79(77-45-58-85(59-46-77)94(81-50-37-73(38-51-81)69-29-21-65(3)22-30-69)82-52-39-74(40-53-82)70-31-23-66(4)24-32-70)49-62-89(91)93-88-20-16-15-19-87(88)90(64-92(93)96)78-47-60-86(61-48-78)95(83-54-41-75(42-55-83)71-33-25-67(5)26-34-71)84-56-43-76(44-57-84)72-35-27-68(6)28-36-72/h15-16,19-64,80H,7-14,17-18H2,1-6H3. The number of hydrogen-bond donors (Lipinski definition) is 0. The maximum absolute atomic E-state index is 2.81. The summed E-state index contributed by atoms with van der Waals surface area (Å²) < 4.78 is 2.81. The van der Waals surface area contributed by atoms with Gasteiger partial charge < -0.3 is 14.4 Å². The van der Waals surface area contributed by atoms with Crippen molar-refractivity contribution in [2.45, 2.75) is 112 Å². The van der Waals surface area contributed by atoms with Crippen LogP contribution in [-0.4, -0.2) is 4.57 Å². The molecule has 0 aliphatic rings. The molecule has 474 valence electrons. The van der Waals surface area contributed by atoms with Crippen LogP contribution in [0.25, 0.3) is 99.3 Å². The number of aryl methyl sites for hydroxylation is 4. The van der Waals surface area contributed by atoms with Crippen molar-refractivity contribution >= 4 is 66.7 Å². The molecule has 14 aromatic rings. The van der Waals surface area contributed by atoms with Crippen LogP contribution in [0.4, 0.5) is 34.1 Å². The van der Waals surface area contributed by atoms with Gasteiger partial charge in [0.15, 0.2) is 0 Å². The van der Waals surface area contributed by atoms with Crippen molar-refractivity contribution in [3.63, 3.8) is 0 Å². The zero-order valence-corrected chi connectivity index (χ0v) is 56.7. The minimum Gasteiger partial charge on any atom is -0.337 e. The van der Waals surface area contributed by atoms with E-state index in [-0.39, 0.29) is 0 Å². The Morgan fingerprint density at radius 3 is 0.885 bits per heavy atom. The fraction of sp³-hybridized carbons (Fsp3) is 0.183. The molecule has 0 fully saturated rings. The van der Waals surface area contributed by atoms with Crippen LogP contribution in [0, 0.1) is 27.7 Å². The molecule has 0 spiro atoms. The van der Waals surface area contributed by atoms with E-state index in [1.165, 1.54) is 173 Å². The second kappa shape index (κ2) is 28.6. The van der Waals surface area contributed by atoms with Gasteiger partial charge in [-0.25, -0.2) is 0 Å². The minimum absolute atomic E-state index is 0.347. The highest BCUT2D eigenvalue weighted by molar-refractivity contribution is 6.24. The Hall–Kier alpha value is -10.5. The quantitative estimate of drug-likeness (QED) is 0.0592. The molecule has 0 amide bonds. The van der Waals surface area contributed by atoms with Crippen molar-refractivity contribution in [2.75, 3.05) is 9.80 Å². The van der Waals surface area contributed by atoms with Crippen molar-refractivity contribution in [1.82, 2.24) is 4.57 Å². The zero-order valence-electron chi connectivity index (χ0n) is 56.7. The fourth-order valence-corrected chi connectivity index (χ4v) is 14.4. The molecule has 1 heterocycles. The Kier molecular flexibility index (Phi) is 18.8. The van der Waals surface area contributed by atoms with Crippen LogP contribution in [0.1, 0.15) is 106 Å². The first-order chi connectivity index (χ1) is 47.1. The molecule has 96 heavy (non-hydrogen) atoms. The summed E-state index contributed by atoms with van der Waals surface area (Å²) in [5, 5.41) is 5.24. The van der Waals surface area contributed by atoms with Crippen LogP contribution in [-0.2, 0) is 0 Å². The van der Waals surface area contributed by atoms with Gasteiger partial charge in [0.1, 0.15) is 0 Å². The van der Waals surface area contributed by atoms with Gasteiger partial charge in [0.2, 0.25) is 0 Å². The molecular weight excluding hydrogens is 1160 g/mol. The normalized spacial score (nSPS) is 11.5. The third-order valence-corrected chi connectivity index (χ3v) is 19.9. The van der Waals surface area contributed by atoms with E-state index in [9.17, 15) is 0 Å². The Bertz CT molecular complexity index is 4720. The first-order valence-corrected chi connectivity index (χ1v) is 35.1. The molecule has 0 aliphatic carbocycles. The fourth-order valence-electron chi connectivity index (χ4n) is 14.4. The predicted molar refractivity (Wildman–Crippen MR) is 414 cm³/mol. The number of hydrogen-bond acceptors (Lipinski definition) is 2. The van der Waals surface area contributed by atoms with E-state index >= 15 is 0 Å². The molecule has 0 aliphatic heterocycles. The highest BCUT2D eigenvalue weighted by atomic mass is 15.1. The van der Waals surface area contributed by atoms with Crippen LogP contribution in [0.15, 0.2) is 291 Å². The van der Waals surface area contributed by atoms with E-state index in [2.05, 4.69) is 347 Å². The molecule has 0 N–H and O–H groups in total. The average Bonchev–Trinajstić information content (AvgIpc) is 1.56. The van der Waals surface area contributed by atoms with E-state index in [1.54, 1.807) is 0 Å². The Morgan fingerprint density at radius 2 is 0.552 bits per heavy atom. The van der Waals surface area contributed by atoms with E-state index in [1.807, 2.05) is 0 Å². The van der Waals surface area contributed by atoms with Crippen LogP contribution >= 0.6 is 0 Å². The highest BCUT2D eigenvalue weighted by Gasteiger charge is 2.24. The number of nitrogens with zero attached hydrogens (tertiary/aromatic N) is 3. The summed E-state index contributed by atoms with van der Waals surface area (Å²) in [6, 6.07) is 110. The maximum atomic E-state index is 2.81. The smallest absolute Gasteiger partial charge is 0.0506 e. The monoisotopic (exact) mass is 1250 g/mol. The Morgan fingerprint density at radius 1 is 0.260 bits per heavy atom. The van der Waals surface area contributed by atoms with E-state index < -0.39 is 0 Å². The van der Waals surface area contributed by atoms with Crippen molar-refractivity contribution in [3.8, 4) is 66.8 Å². The van der Waals surface area contributed by atoms with Gasteiger partial charge in [-0.1, -0.05) is 294 Å². The number of unbranched alkanes of at least 4 members (excludes halogenated alkanes) is 6. The van der Waals surface area contributed by atoms with Crippen molar-refractivity contribution in [3.05, 3.63) is 313 Å². The zero-order chi connectivity index (χ0) is 65.5. The molecule has 3 heteroatoms. The predicted octanol–water partition coefficient (Wildman–Crippen LogP) is 27.6. The summed E-state index contributed by atoms with van der Waals surface area (Å²) in [6.07, 6.45) is 12.2. The van der Waals surface area contributed by atoms with Gasteiger partial charge >= 0.3 is 0 Å². The van der Waals surface area contributed by atoms with Gasteiger partial charge in [-0.15, -0.1) is 0 Å². The van der Waals surface area contributed by atoms with Crippen LogP contribution in [0.5, 0.6) is 0 Å². The first kappa shape index (κ1) is 62.9. The number of rotatable bonds is 23. The molecule has 1 aromatic heterocycles. The lowest BCUT2D eigenvalue weighted by molar-refractivity contribution is 0.413. The lowest BCUT2D eigenvalue weighted by Gasteiger charge is -2.26. The molecule has 0 saturated carbocycles. The minimum atomic E-state index is 0.347. The van der Waals surface area contributed by atoms with Gasteiger partial charge in [0.05, 0.1) is 5.52 Å². The van der Waals surface area contributed by atoms with Gasteiger partial charge in [0.25, 0.3) is 0 Å². The van der Waals surface area contributed by atoms with E-state index in [4.69, 9.17) is 0 Å². The molecule has 3 nitrogen and oxygen atoms in total. The van der Waals surface area contributed by atoms with E-state index in [0.29, 0.717) is 6.04 Å². The average molecular weight is 1250 g/mol. The third-order valence-electron chi connectivity index (χ3n) is 19.9. The van der Waals surface area contributed by atoms with Crippen LogP contribution in [0.2, 0.25) is 0 Å². The SMILES string of the molecule is CCCCCCC(CCCCCC)n1c2cc(-c3ccc(N(c4ccc(-c5ccc(C)cc5)cc4)c4ccc(-c5ccc(C)cc5)cc4)cc3)ccc2c2c3ccccc3c(-c3ccc(N(c4ccc(-c5ccc(C)cc5)cc4)c4ccc(-c5ccc(C)cc5)cc4)cc3)cc21. The Labute approximate surface area is 569 Å². The number of benzene rings is 13. The summed E-state index contributed by atoms with van der Waals surface area (Å²) in [6.45, 7) is 13.2. The maximum Gasteiger partial charge on any atom is 0.0506 e. The third kappa shape index (κ3) is 13.5. The van der Waals surface area contributed by atoms with Gasteiger partial charge in [0, 0.05) is 56.5 Å². The van der Waals surface area contributed by atoms with Crippen LogP contribution in [0.3, 0.4) is 0 Å². The summed E-state index contributed by atoms with van der Waals surface area (Å²) in [7, 11) is 0. The van der Waals surface area contributed by atoms with E-state index in [0.717, 1.165) is 47.0 Å². The molecule has 0 bridgehead atoms. The topological polar surface area (TPSA) is 11.4 Å². The van der Waals surface area contributed by atoms with Crippen molar-refractivity contribution in [2.24, 2.45) is 0 Å². The lowest BCUT2D eigenvalue weighted by atomic mass is 9.94. The molecule has 13 aromatic carbocycles. The second-order valence-electron chi connectivity index (χ2n) is 26.7. The summed E-state index contributed by atoms with van der Waals surface area (Å²) >= 11 is 0. The molecule has 0 unspecified atom stereocenters. The van der Waals surface area contributed by atoms with Gasteiger partial charge in [-0.2, -0.15) is 0 Å². The van der Waals surface area contributed by atoms with Crippen molar-refractivity contribution < 1.29 is 0 Å². The molecule has 14 rings (SSSR count). The Balaban J connectivity index is 0.863. The molecule has 0 radical (unpaired) electrons. The second-order valence-corrected chi connectivity index (χ2v) is 26.7. The molecule has 0 atom stereocenters. The highest BCUT2D eigenvalue weighted by Crippen LogP contribution is 2.46. The van der Waals surface area contributed by atoms with Gasteiger partial charge in [-0.05, 0) is 203 Å². The van der Waals surface area contributed by atoms with Crippen molar-refractivity contribution in [1.29, 1.82) is 0 Å². The molecular formula is C93H87N3. The first-order valence-electron chi connectivity index (χ1n) is 35.1. The van der Waals surface area contributed by atoms with Crippen LogP contribution < -0.4 is 9.80 Å².